The minimum Gasteiger partial charge on any atom is -0.491 e. The third-order valence-corrected chi connectivity index (χ3v) is 7.82. The first-order valence-electron chi connectivity index (χ1n) is 14.1. The molecular weight excluding hydrogens is 546 g/mol. The number of carbonyl (C=O) groups excluding carboxylic acids is 1. The number of aliphatic hydroxyl groups excluding tert-OH is 1. The lowest BCUT2D eigenvalue weighted by Crippen LogP contribution is -2.37. The van der Waals surface area contributed by atoms with Crippen LogP contribution < -0.4 is 10.1 Å². The number of carbonyl (C=O) groups is 1. The first-order chi connectivity index (χ1) is 19.7. The molecule has 0 aliphatic carbocycles. The van der Waals surface area contributed by atoms with E-state index in [1.165, 1.54) is 0 Å². The molecule has 0 bridgehead atoms. The van der Waals surface area contributed by atoms with Gasteiger partial charge in [-0.1, -0.05) is 16.8 Å². The number of rotatable bonds is 13. The number of benzene rings is 1. The first-order valence-corrected chi connectivity index (χ1v) is 14.5. The summed E-state index contributed by atoms with van der Waals surface area (Å²) in [5, 5.41) is 17.6. The van der Waals surface area contributed by atoms with Crippen LogP contribution in [-0.2, 0) is 16.0 Å². The summed E-state index contributed by atoms with van der Waals surface area (Å²) in [6.45, 7) is 7.25. The molecule has 2 atom stereocenters. The van der Waals surface area contributed by atoms with Crippen LogP contribution in [0.2, 0.25) is 5.02 Å². The number of halogens is 1. The van der Waals surface area contributed by atoms with Crippen LogP contribution >= 0.6 is 11.6 Å². The molecule has 222 valence electrons. The lowest BCUT2D eigenvalue weighted by molar-refractivity contribution is -0.136. The molecule has 0 spiro atoms. The third-order valence-electron chi connectivity index (χ3n) is 7.49. The maximum Gasteiger partial charge on any atom is 0.248 e. The second-order valence-electron chi connectivity index (χ2n) is 10.5. The highest BCUT2D eigenvalue weighted by Gasteiger charge is 2.28. The van der Waals surface area contributed by atoms with Gasteiger partial charge in [-0.25, -0.2) is 9.97 Å². The van der Waals surface area contributed by atoms with Crippen molar-refractivity contribution >= 4 is 17.5 Å². The summed E-state index contributed by atoms with van der Waals surface area (Å²) in [6, 6.07) is 5.53. The molecule has 1 amide bonds. The van der Waals surface area contributed by atoms with Crippen LogP contribution in [0.25, 0.3) is 22.6 Å². The summed E-state index contributed by atoms with van der Waals surface area (Å²) in [4.78, 5) is 24.4. The Morgan fingerprint density at radius 2 is 2.10 bits per heavy atom. The fraction of sp³-hybridized carbons (Fsp3) is 0.533. The average molecular weight is 586 g/mol. The summed E-state index contributed by atoms with van der Waals surface area (Å²) in [6.07, 6.45) is 3.82. The largest absolute Gasteiger partial charge is 0.491 e. The predicted molar refractivity (Wildman–Crippen MR) is 157 cm³/mol. The Balaban J connectivity index is 1.64. The molecule has 2 aromatic heterocycles. The van der Waals surface area contributed by atoms with Crippen molar-refractivity contribution in [2.45, 2.75) is 65.0 Å². The zero-order valence-electron chi connectivity index (χ0n) is 24.5. The monoisotopic (exact) mass is 585 g/mol. The number of hydrogen-bond acceptors (Lipinski definition) is 9. The van der Waals surface area contributed by atoms with Gasteiger partial charge in [0.15, 0.2) is 5.82 Å². The van der Waals surface area contributed by atoms with Crippen molar-refractivity contribution in [1.82, 2.24) is 25.3 Å². The lowest BCUT2D eigenvalue weighted by atomic mass is 9.99. The van der Waals surface area contributed by atoms with Crippen molar-refractivity contribution in [3.8, 4) is 28.4 Å². The Kier molecular flexibility index (Phi) is 10.7. The standard InChI is InChI=1S/C30H40ClN5O5/c1-18-26(10-6-8-21-9-7-13-36(21)27(38)17-39-5)33-30(34-29(18)28-19(2)35-41-20(28)3)24-14-23(11-12-25(24)31)40-16-22(37)15-32-4/h11-12,14,21-22,32,37H,6-10,13,15-17H2,1-5H3/t21-,22-/m1/s1. The van der Waals surface area contributed by atoms with Gasteiger partial charge in [-0.15, -0.1) is 0 Å². The van der Waals surface area contributed by atoms with Crippen LogP contribution in [0.3, 0.4) is 0 Å². The van der Waals surface area contributed by atoms with Crippen molar-refractivity contribution in [2.24, 2.45) is 0 Å². The summed E-state index contributed by atoms with van der Waals surface area (Å²) < 4.78 is 16.4. The number of aromatic nitrogens is 3. The van der Waals surface area contributed by atoms with Crippen LogP contribution in [0.1, 0.15) is 48.4 Å². The molecule has 11 heteroatoms. The zero-order chi connectivity index (χ0) is 29.5. The highest BCUT2D eigenvalue weighted by molar-refractivity contribution is 6.33. The zero-order valence-corrected chi connectivity index (χ0v) is 25.3. The molecule has 41 heavy (non-hydrogen) atoms. The number of nitrogens with one attached hydrogen (secondary N) is 1. The number of likely N-dealkylation sites (N-methyl/N-ethyl adjacent to an activating group) is 1. The van der Waals surface area contributed by atoms with Gasteiger partial charge in [0.1, 0.15) is 30.8 Å². The van der Waals surface area contributed by atoms with E-state index in [0.717, 1.165) is 60.4 Å². The van der Waals surface area contributed by atoms with Crippen LogP contribution in [0.4, 0.5) is 0 Å². The van der Waals surface area contributed by atoms with Crippen molar-refractivity contribution in [2.75, 3.05) is 40.5 Å². The molecule has 1 saturated heterocycles. The Morgan fingerprint density at radius 3 is 2.80 bits per heavy atom. The topological polar surface area (TPSA) is 123 Å². The number of aliphatic hydroxyl groups is 1. The van der Waals surface area contributed by atoms with E-state index in [0.29, 0.717) is 40.9 Å². The SMILES string of the molecule is CNC[C@@H](O)COc1ccc(Cl)c(-c2nc(CCC[C@@H]3CCCN3C(=O)COC)c(C)c(-c3c(C)noc3C)n2)c1. The number of hydrogen-bond donors (Lipinski definition) is 2. The second-order valence-corrected chi connectivity index (χ2v) is 10.9. The summed E-state index contributed by atoms with van der Waals surface area (Å²) >= 11 is 6.66. The van der Waals surface area contributed by atoms with Gasteiger partial charge in [0.2, 0.25) is 5.91 Å². The van der Waals surface area contributed by atoms with Gasteiger partial charge in [-0.2, -0.15) is 0 Å². The van der Waals surface area contributed by atoms with Gasteiger partial charge in [-0.3, -0.25) is 4.79 Å². The van der Waals surface area contributed by atoms with E-state index in [1.807, 2.05) is 25.7 Å². The van der Waals surface area contributed by atoms with Crippen LogP contribution in [0.5, 0.6) is 5.75 Å². The highest BCUT2D eigenvalue weighted by Crippen LogP contribution is 2.35. The van der Waals surface area contributed by atoms with E-state index in [2.05, 4.69) is 10.5 Å². The minimum atomic E-state index is -0.645. The number of amides is 1. The number of likely N-dealkylation sites (tertiary alicyclic amines) is 1. The quantitative estimate of drug-likeness (QED) is 0.302. The summed E-state index contributed by atoms with van der Waals surface area (Å²) in [5.74, 6) is 1.77. The molecule has 0 saturated carbocycles. The van der Waals surface area contributed by atoms with Crippen LogP contribution in [0, 0.1) is 20.8 Å². The van der Waals surface area contributed by atoms with Gasteiger partial charge < -0.3 is 29.3 Å². The number of nitrogens with zero attached hydrogens (tertiary/aromatic N) is 4. The second kappa shape index (κ2) is 14.2. The van der Waals surface area contributed by atoms with Gasteiger partial charge in [0.25, 0.3) is 0 Å². The molecule has 1 aliphatic heterocycles. The maximum atomic E-state index is 12.5. The molecule has 0 unspecified atom stereocenters. The maximum absolute atomic E-state index is 12.5. The van der Waals surface area contributed by atoms with E-state index >= 15 is 0 Å². The molecule has 3 heterocycles. The summed E-state index contributed by atoms with van der Waals surface area (Å²) in [7, 11) is 3.33. The molecule has 0 radical (unpaired) electrons. The number of aryl methyl sites for hydroxylation is 3. The Bertz CT molecular complexity index is 1330. The smallest absolute Gasteiger partial charge is 0.248 e. The molecule has 10 nitrogen and oxygen atoms in total. The molecule has 4 rings (SSSR count). The third kappa shape index (κ3) is 7.43. The molecule has 2 N–H and O–H groups in total. The van der Waals surface area contributed by atoms with E-state index < -0.39 is 6.10 Å². The molecule has 1 aromatic carbocycles. The molecule has 1 fully saturated rings. The number of methoxy groups -OCH3 is 1. The average Bonchev–Trinajstić information content (AvgIpc) is 3.55. The van der Waals surface area contributed by atoms with Crippen molar-refractivity contribution < 1.29 is 23.9 Å². The number of ether oxygens (including phenoxy) is 2. The van der Waals surface area contributed by atoms with E-state index in [4.69, 9.17) is 35.6 Å². The fourth-order valence-electron chi connectivity index (χ4n) is 5.42. The van der Waals surface area contributed by atoms with Gasteiger partial charge in [-0.05, 0) is 83.7 Å². The van der Waals surface area contributed by atoms with Gasteiger partial charge in [0.05, 0.1) is 22.0 Å². The normalized spacial score (nSPS) is 15.9. The predicted octanol–water partition coefficient (Wildman–Crippen LogP) is 4.30. The Labute approximate surface area is 246 Å². The van der Waals surface area contributed by atoms with Crippen molar-refractivity contribution in [3.63, 3.8) is 0 Å². The van der Waals surface area contributed by atoms with Crippen molar-refractivity contribution in [1.29, 1.82) is 0 Å². The fourth-order valence-corrected chi connectivity index (χ4v) is 5.62. The van der Waals surface area contributed by atoms with E-state index in [1.54, 1.807) is 32.4 Å². The van der Waals surface area contributed by atoms with Gasteiger partial charge in [0, 0.05) is 37.5 Å². The Morgan fingerprint density at radius 1 is 1.29 bits per heavy atom. The van der Waals surface area contributed by atoms with E-state index in [9.17, 15) is 9.90 Å². The molecule has 1 aliphatic rings. The van der Waals surface area contributed by atoms with Crippen LogP contribution in [-0.4, -0.2) is 83.6 Å². The first kappa shape index (κ1) is 30.9. The molecular formula is C30H40ClN5O5. The van der Waals surface area contributed by atoms with Crippen LogP contribution in [0.15, 0.2) is 22.7 Å². The molecule has 3 aromatic rings. The lowest BCUT2D eigenvalue weighted by Gasteiger charge is -2.24. The minimum absolute atomic E-state index is 0.0476. The van der Waals surface area contributed by atoms with Crippen molar-refractivity contribution in [3.05, 3.63) is 45.9 Å². The highest BCUT2D eigenvalue weighted by atomic mass is 35.5. The Hall–Kier alpha value is -3.05. The van der Waals surface area contributed by atoms with E-state index in [-0.39, 0.29) is 25.2 Å². The van der Waals surface area contributed by atoms with Gasteiger partial charge >= 0.3 is 0 Å². The summed E-state index contributed by atoms with van der Waals surface area (Å²) in [5.41, 5.74) is 4.85.